The maximum atomic E-state index is 14.6. The zero-order chi connectivity index (χ0) is 28.7. The minimum absolute atomic E-state index is 0.0630. The van der Waals surface area contributed by atoms with Crippen molar-refractivity contribution < 1.29 is 18.7 Å². The molecule has 4 heterocycles. The summed E-state index contributed by atoms with van der Waals surface area (Å²) >= 11 is 1.69. The molecular formula is C33H33FN4O3S. The Bertz CT molecular complexity index is 1680. The molecule has 0 N–H and O–H groups in total. The number of benzene rings is 2. The number of carbonyl (C=O) groups excluding carboxylic acids is 1. The van der Waals surface area contributed by atoms with E-state index in [-0.39, 0.29) is 11.3 Å². The number of thiazole rings is 1. The molecule has 4 bridgehead atoms. The minimum Gasteiger partial charge on any atom is -0.467 e. The number of nitrogens with zero attached hydrogens (tertiary/aromatic N) is 4. The first-order valence-electron chi connectivity index (χ1n) is 14.7. The number of fused-ring (bicyclic) bond motifs is 4. The molecule has 7 nitrogen and oxygen atoms in total. The predicted molar refractivity (Wildman–Crippen MR) is 159 cm³/mol. The lowest BCUT2D eigenvalue weighted by molar-refractivity contribution is -0.213. The molecule has 0 unspecified atom stereocenters. The number of hydrogen-bond acceptors (Lipinski definition) is 7. The van der Waals surface area contributed by atoms with Crippen LogP contribution in [0.4, 0.5) is 10.1 Å². The Balaban J connectivity index is 1.09. The number of carbonyl (C=O) groups is 1. The molecule has 2 aromatic carbocycles. The summed E-state index contributed by atoms with van der Waals surface area (Å²) in [6.07, 6.45) is 8.23. The number of hydrogen-bond donors (Lipinski definition) is 0. The molecule has 0 spiro atoms. The first-order valence-corrected chi connectivity index (χ1v) is 15.5. The number of rotatable bonds is 7. The van der Waals surface area contributed by atoms with Crippen molar-refractivity contribution in [3.05, 3.63) is 65.4 Å². The SMILES string of the molecule is COc1ncc(C23CCC(CN(C(=O)C45CC(F)(C4)C5)c4cccc(-c5ccc6nc(C)sc6c5)c4)(CC2)CO3)cn1. The van der Waals surface area contributed by atoms with Crippen LogP contribution >= 0.6 is 11.3 Å². The minimum atomic E-state index is -1.14. The summed E-state index contributed by atoms with van der Waals surface area (Å²) < 4.78 is 27.5. The van der Waals surface area contributed by atoms with E-state index >= 15 is 0 Å². The van der Waals surface area contributed by atoms with Crippen LogP contribution in [0.1, 0.15) is 55.5 Å². The Hall–Kier alpha value is -3.43. The van der Waals surface area contributed by atoms with Gasteiger partial charge in [-0.1, -0.05) is 18.2 Å². The number of alkyl halides is 1. The Kier molecular flexibility index (Phi) is 5.64. The molecule has 4 aromatic rings. The van der Waals surface area contributed by atoms with Crippen LogP contribution in [0.2, 0.25) is 0 Å². The lowest BCUT2D eigenvalue weighted by Crippen LogP contribution is -2.71. The third kappa shape index (κ3) is 4.00. The zero-order valence-electron chi connectivity index (χ0n) is 23.9. The van der Waals surface area contributed by atoms with E-state index in [1.54, 1.807) is 18.4 Å². The highest BCUT2D eigenvalue weighted by Crippen LogP contribution is 2.70. The van der Waals surface area contributed by atoms with Gasteiger partial charge in [0.2, 0.25) is 5.91 Å². The molecule has 6 aliphatic rings. The maximum Gasteiger partial charge on any atom is 0.316 e. The van der Waals surface area contributed by atoms with Crippen LogP contribution in [0.15, 0.2) is 54.9 Å². The number of aryl methyl sites for hydroxylation is 1. The summed E-state index contributed by atoms with van der Waals surface area (Å²) in [5.74, 6) is 0.0630. The van der Waals surface area contributed by atoms with E-state index < -0.39 is 16.7 Å². The van der Waals surface area contributed by atoms with Gasteiger partial charge in [0.15, 0.2) is 0 Å². The van der Waals surface area contributed by atoms with Gasteiger partial charge in [0, 0.05) is 35.6 Å². The smallest absolute Gasteiger partial charge is 0.316 e. The number of halogens is 1. The lowest BCUT2D eigenvalue weighted by Gasteiger charge is -2.65. The van der Waals surface area contributed by atoms with Crippen LogP contribution in [0, 0.1) is 17.8 Å². The number of ether oxygens (including phenoxy) is 2. The van der Waals surface area contributed by atoms with Gasteiger partial charge in [-0.2, -0.15) is 0 Å². The van der Waals surface area contributed by atoms with Gasteiger partial charge in [0.25, 0.3) is 0 Å². The Morgan fingerprint density at radius 1 is 1.05 bits per heavy atom. The van der Waals surface area contributed by atoms with Gasteiger partial charge < -0.3 is 14.4 Å². The molecule has 1 amide bonds. The molecule has 42 heavy (non-hydrogen) atoms. The van der Waals surface area contributed by atoms with Crippen LogP contribution in [0.5, 0.6) is 6.01 Å². The molecule has 0 atom stereocenters. The van der Waals surface area contributed by atoms with Gasteiger partial charge in [0.05, 0.1) is 40.0 Å². The highest BCUT2D eigenvalue weighted by atomic mass is 32.1. The highest BCUT2D eigenvalue weighted by Gasteiger charge is 2.73. The first kappa shape index (κ1) is 26.2. The number of methoxy groups -OCH3 is 1. The summed E-state index contributed by atoms with van der Waals surface area (Å²) in [5, 5.41) is 1.04. The summed E-state index contributed by atoms with van der Waals surface area (Å²) in [4.78, 5) is 29.4. The molecule has 216 valence electrons. The van der Waals surface area contributed by atoms with Crippen molar-refractivity contribution in [2.24, 2.45) is 10.8 Å². The largest absolute Gasteiger partial charge is 0.467 e. The van der Waals surface area contributed by atoms with Gasteiger partial charge in [-0.3, -0.25) is 4.79 Å². The van der Waals surface area contributed by atoms with Gasteiger partial charge in [-0.15, -0.1) is 11.3 Å². The fraction of sp³-hybridized carbons (Fsp3) is 0.455. The Morgan fingerprint density at radius 3 is 2.45 bits per heavy atom. The summed E-state index contributed by atoms with van der Waals surface area (Å²) in [6.45, 7) is 3.15. The van der Waals surface area contributed by atoms with Gasteiger partial charge in [-0.25, -0.2) is 19.3 Å². The summed E-state index contributed by atoms with van der Waals surface area (Å²) in [7, 11) is 1.56. The van der Waals surface area contributed by atoms with E-state index in [0.717, 1.165) is 63.3 Å². The van der Waals surface area contributed by atoms with Crippen LogP contribution < -0.4 is 9.64 Å². The first-order chi connectivity index (χ1) is 20.2. The zero-order valence-corrected chi connectivity index (χ0v) is 24.7. The second kappa shape index (κ2) is 9.04. The fourth-order valence-electron chi connectivity index (χ4n) is 7.86. The average Bonchev–Trinajstić information content (AvgIpc) is 3.38. The van der Waals surface area contributed by atoms with E-state index in [4.69, 9.17) is 9.47 Å². The quantitative estimate of drug-likeness (QED) is 0.238. The summed E-state index contributed by atoms with van der Waals surface area (Å²) in [6, 6.07) is 14.9. The molecule has 9 heteroatoms. The molecule has 4 aliphatic carbocycles. The highest BCUT2D eigenvalue weighted by molar-refractivity contribution is 7.18. The maximum absolute atomic E-state index is 14.6. The van der Waals surface area contributed by atoms with Gasteiger partial charge in [0.1, 0.15) is 5.67 Å². The second-order valence-electron chi connectivity index (χ2n) is 13.1. The predicted octanol–water partition coefficient (Wildman–Crippen LogP) is 6.78. The molecule has 0 radical (unpaired) electrons. The Morgan fingerprint density at radius 2 is 1.79 bits per heavy atom. The van der Waals surface area contributed by atoms with Crippen molar-refractivity contribution in [3.63, 3.8) is 0 Å². The Labute approximate surface area is 248 Å². The monoisotopic (exact) mass is 584 g/mol. The standard InChI is InChI=1S/C33H33FN4O3S/c1-21-37-26-7-6-23(13-27(26)42-21)22-4-3-5-25(12-22)38(28(39)31-16-32(34,17-31)18-31)19-30-8-10-33(11-9-30,41-20-30)24-14-35-29(40-2)36-15-24/h3-7,12-15H,8-11,16-20H2,1-2H3. The van der Waals surface area contributed by atoms with Gasteiger partial charge in [-0.05, 0) is 87.3 Å². The van der Waals surface area contributed by atoms with Crippen LogP contribution in [0.25, 0.3) is 21.3 Å². The molecule has 2 aromatic heterocycles. The van der Waals surface area contributed by atoms with Crippen LogP contribution in [-0.2, 0) is 15.1 Å². The fourth-order valence-corrected chi connectivity index (χ4v) is 8.73. The normalized spacial score (nSPS) is 30.9. The molecule has 2 saturated heterocycles. The van der Waals surface area contributed by atoms with Crippen molar-refractivity contribution in [2.45, 2.75) is 63.1 Å². The van der Waals surface area contributed by atoms with Crippen LogP contribution in [-0.4, -0.2) is 46.8 Å². The van der Waals surface area contributed by atoms with Crippen LogP contribution in [0.3, 0.4) is 0 Å². The molecule has 10 rings (SSSR count). The second-order valence-corrected chi connectivity index (χ2v) is 14.3. The molecule has 2 aliphatic heterocycles. The number of anilines is 1. The van der Waals surface area contributed by atoms with E-state index in [1.807, 2.05) is 36.4 Å². The summed E-state index contributed by atoms with van der Waals surface area (Å²) in [5.41, 5.74) is 2.75. The lowest BCUT2D eigenvalue weighted by atomic mass is 9.41. The topological polar surface area (TPSA) is 77.4 Å². The van der Waals surface area contributed by atoms with E-state index in [1.165, 1.54) is 0 Å². The third-order valence-electron chi connectivity index (χ3n) is 10.3. The molecule has 4 saturated carbocycles. The number of aromatic nitrogens is 3. The van der Waals surface area contributed by atoms with Crippen molar-refractivity contribution in [2.75, 3.05) is 25.2 Å². The number of amides is 1. The van der Waals surface area contributed by atoms with E-state index in [9.17, 15) is 9.18 Å². The van der Waals surface area contributed by atoms with Gasteiger partial charge >= 0.3 is 6.01 Å². The van der Waals surface area contributed by atoms with Crippen molar-refractivity contribution >= 4 is 33.1 Å². The third-order valence-corrected chi connectivity index (χ3v) is 11.2. The van der Waals surface area contributed by atoms with Crippen molar-refractivity contribution in [1.29, 1.82) is 0 Å². The van der Waals surface area contributed by atoms with Crippen molar-refractivity contribution in [3.8, 4) is 17.1 Å². The molecular weight excluding hydrogens is 551 g/mol. The molecule has 6 fully saturated rings. The van der Waals surface area contributed by atoms with E-state index in [0.29, 0.717) is 38.4 Å². The van der Waals surface area contributed by atoms with E-state index in [2.05, 4.69) is 45.3 Å². The van der Waals surface area contributed by atoms with Crippen molar-refractivity contribution in [1.82, 2.24) is 15.0 Å². The average molecular weight is 585 g/mol.